The van der Waals surface area contributed by atoms with Crippen LogP contribution in [-0.2, 0) is 19.5 Å². The fourth-order valence-electron chi connectivity index (χ4n) is 3.11. The molecule has 2 aromatic carbocycles. The van der Waals surface area contributed by atoms with Gasteiger partial charge in [-0.3, -0.25) is 4.68 Å². The number of aliphatic hydroxyl groups excluding tert-OH is 1. The van der Waals surface area contributed by atoms with E-state index in [1.165, 1.54) is 5.56 Å². The van der Waals surface area contributed by atoms with E-state index in [9.17, 15) is 5.11 Å². The minimum Gasteiger partial charge on any atom is -0.391 e. The van der Waals surface area contributed by atoms with Gasteiger partial charge in [-0.2, -0.15) is 5.10 Å². The number of rotatable bonds is 9. The maximum absolute atomic E-state index is 10.3. The van der Waals surface area contributed by atoms with Gasteiger partial charge >= 0.3 is 0 Å². The molecule has 1 heterocycles. The fraction of sp³-hybridized carbons (Fsp3) is 0.304. The van der Waals surface area contributed by atoms with Crippen LogP contribution in [0.4, 0.5) is 0 Å². The lowest BCUT2D eigenvalue weighted by molar-refractivity contribution is 0.177. The molecule has 6 nitrogen and oxygen atoms in total. The summed E-state index contributed by atoms with van der Waals surface area (Å²) in [5.41, 5.74) is 3.47. The minimum atomic E-state index is -0.478. The highest BCUT2D eigenvalue weighted by molar-refractivity contribution is 14.0. The quantitative estimate of drug-likeness (QED) is 0.231. The van der Waals surface area contributed by atoms with E-state index < -0.39 is 6.10 Å². The maximum atomic E-state index is 10.3. The van der Waals surface area contributed by atoms with Crippen molar-refractivity contribution in [2.24, 2.45) is 4.99 Å². The summed E-state index contributed by atoms with van der Waals surface area (Å²) in [5, 5.41) is 21.1. The number of aromatic nitrogens is 2. The highest BCUT2D eigenvalue weighted by atomic mass is 127. The third-order valence-corrected chi connectivity index (χ3v) is 4.58. The van der Waals surface area contributed by atoms with E-state index in [4.69, 9.17) is 4.99 Å². The van der Waals surface area contributed by atoms with Gasteiger partial charge in [-0.05, 0) is 29.7 Å². The number of guanidine groups is 1. The second-order valence-corrected chi connectivity index (χ2v) is 6.89. The molecule has 0 bridgehead atoms. The van der Waals surface area contributed by atoms with Gasteiger partial charge in [0.25, 0.3) is 0 Å². The molecule has 1 unspecified atom stereocenters. The zero-order valence-corrected chi connectivity index (χ0v) is 19.6. The van der Waals surface area contributed by atoms with Crippen molar-refractivity contribution >= 4 is 29.9 Å². The third-order valence-electron chi connectivity index (χ3n) is 4.58. The van der Waals surface area contributed by atoms with Gasteiger partial charge in [-0.15, -0.1) is 24.0 Å². The molecule has 0 amide bonds. The van der Waals surface area contributed by atoms with Gasteiger partial charge in [-0.1, -0.05) is 54.6 Å². The monoisotopic (exact) mass is 519 g/mol. The Hall–Kier alpha value is -2.39. The SMILES string of the molecule is CCNC(=NCc1ccccc1Cn1cccn1)NCC(O)Cc1ccccc1.I. The fourth-order valence-corrected chi connectivity index (χ4v) is 3.11. The first kappa shape index (κ1) is 23.9. The largest absolute Gasteiger partial charge is 0.391 e. The van der Waals surface area contributed by atoms with Crippen molar-refractivity contribution < 1.29 is 5.11 Å². The van der Waals surface area contributed by atoms with E-state index in [-0.39, 0.29) is 24.0 Å². The van der Waals surface area contributed by atoms with Gasteiger partial charge in [0.2, 0.25) is 0 Å². The number of hydrogen-bond donors (Lipinski definition) is 3. The number of halogens is 1. The van der Waals surface area contributed by atoms with E-state index >= 15 is 0 Å². The van der Waals surface area contributed by atoms with Gasteiger partial charge in [0.1, 0.15) is 0 Å². The summed E-state index contributed by atoms with van der Waals surface area (Å²) >= 11 is 0. The third kappa shape index (κ3) is 7.79. The molecule has 7 heteroatoms. The molecule has 0 aliphatic heterocycles. The van der Waals surface area contributed by atoms with Crippen LogP contribution in [0.2, 0.25) is 0 Å². The molecule has 3 aromatic rings. The van der Waals surface area contributed by atoms with Crippen molar-refractivity contribution in [3.8, 4) is 0 Å². The Bertz CT molecular complexity index is 884. The number of aliphatic imine (C=N–C) groups is 1. The van der Waals surface area contributed by atoms with Crippen molar-refractivity contribution in [2.75, 3.05) is 13.1 Å². The molecular weight excluding hydrogens is 489 g/mol. The second-order valence-electron chi connectivity index (χ2n) is 6.89. The van der Waals surface area contributed by atoms with Crippen molar-refractivity contribution in [3.63, 3.8) is 0 Å². The van der Waals surface area contributed by atoms with E-state index in [0.717, 1.165) is 24.2 Å². The molecule has 0 spiro atoms. The lowest BCUT2D eigenvalue weighted by Gasteiger charge is -2.16. The zero-order chi connectivity index (χ0) is 20.3. The van der Waals surface area contributed by atoms with Crippen LogP contribution in [0.25, 0.3) is 0 Å². The lowest BCUT2D eigenvalue weighted by atomic mass is 10.1. The average molecular weight is 519 g/mol. The molecule has 3 rings (SSSR count). The first-order valence-corrected chi connectivity index (χ1v) is 10.0. The highest BCUT2D eigenvalue weighted by Gasteiger charge is 2.08. The number of benzene rings is 2. The standard InChI is InChI=1S/C23H29N5O.HI/c1-2-24-23(26-17-22(29)15-19-9-4-3-5-10-19)25-16-20-11-6-7-12-21(20)18-28-14-8-13-27-28;/h3-14,22,29H,2,15-18H2,1H3,(H2,24,25,26);1H. The van der Waals surface area contributed by atoms with Crippen molar-refractivity contribution in [1.82, 2.24) is 20.4 Å². The van der Waals surface area contributed by atoms with E-state index in [0.29, 0.717) is 25.5 Å². The Morgan fingerprint density at radius 3 is 2.47 bits per heavy atom. The summed E-state index contributed by atoms with van der Waals surface area (Å²) in [6, 6.07) is 20.2. The van der Waals surface area contributed by atoms with Gasteiger partial charge in [-0.25, -0.2) is 4.99 Å². The Morgan fingerprint density at radius 1 is 1.03 bits per heavy atom. The topological polar surface area (TPSA) is 74.5 Å². The van der Waals surface area contributed by atoms with Crippen LogP contribution in [0.1, 0.15) is 23.6 Å². The molecule has 1 aromatic heterocycles. The average Bonchev–Trinajstić information content (AvgIpc) is 3.25. The predicted octanol–water partition coefficient (Wildman–Crippen LogP) is 3.21. The van der Waals surface area contributed by atoms with Crippen molar-refractivity contribution in [3.05, 3.63) is 89.7 Å². The summed E-state index contributed by atoms with van der Waals surface area (Å²) < 4.78 is 1.91. The van der Waals surface area contributed by atoms with Crippen LogP contribution in [-0.4, -0.2) is 40.0 Å². The first-order valence-electron chi connectivity index (χ1n) is 10.0. The second kappa shape index (κ2) is 13.0. The molecule has 0 radical (unpaired) electrons. The van der Waals surface area contributed by atoms with Gasteiger partial charge in [0, 0.05) is 31.9 Å². The zero-order valence-electron chi connectivity index (χ0n) is 17.2. The van der Waals surface area contributed by atoms with Crippen molar-refractivity contribution in [1.29, 1.82) is 0 Å². The lowest BCUT2D eigenvalue weighted by Crippen LogP contribution is -2.41. The maximum Gasteiger partial charge on any atom is 0.191 e. The van der Waals surface area contributed by atoms with E-state index in [1.54, 1.807) is 6.20 Å². The Kier molecular flexibility index (Phi) is 10.4. The van der Waals surface area contributed by atoms with Crippen LogP contribution >= 0.6 is 24.0 Å². The number of nitrogens with one attached hydrogen (secondary N) is 2. The molecule has 160 valence electrons. The minimum absolute atomic E-state index is 0. The molecular formula is C23H30IN5O. The normalized spacial score (nSPS) is 12.1. The van der Waals surface area contributed by atoms with Crippen molar-refractivity contribution in [2.45, 2.75) is 32.5 Å². The van der Waals surface area contributed by atoms with Gasteiger partial charge in [0.05, 0.1) is 19.2 Å². The molecule has 0 saturated heterocycles. The molecule has 0 aliphatic carbocycles. The summed E-state index contributed by atoms with van der Waals surface area (Å²) in [6.07, 6.45) is 3.88. The predicted molar refractivity (Wildman–Crippen MR) is 132 cm³/mol. The smallest absolute Gasteiger partial charge is 0.191 e. The molecule has 0 fully saturated rings. The van der Waals surface area contributed by atoms with Crippen LogP contribution in [0.15, 0.2) is 78.0 Å². The Morgan fingerprint density at radius 2 is 1.77 bits per heavy atom. The summed E-state index contributed by atoms with van der Waals surface area (Å²) in [5.74, 6) is 0.702. The van der Waals surface area contributed by atoms with Crippen LogP contribution in [0.3, 0.4) is 0 Å². The number of aliphatic hydroxyl groups is 1. The highest BCUT2D eigenvalue weighted by Crippen LogP contribution is 2.11. The molecule has 3 N–H and O–H groups in total. The summed E-state index contributed by atoms with van der Waals surface area (Å²) in [7, 11) is 0. The van der Waals surface area contributed by atoms with Crippen LogP contribution < -0.4 is 10.6 Å². The molecule has 0 saturated carbocycles. The number of nitrogens with zero attached hydrogens (tertiary/aromatic N) is 3. The van der Waals surface area contributed by atoms with E-state index in [1.807, 2.05) is 66.3 Å². The first-order chi connectivity index (χ1) is 14.2. The molecule has 0 aliphatic rings. The van der Waals surface area contributed by atoms with E-state index in [2.05, 4.69) is 27.9 Å². The summed E-state index contributed by atoms with van der Waals surface area (Å²) in [4.78, 5) is 4.71. The summed E-state index contributed by atoms with van der Waals surface area (Å²) in [6.45, 7) is 4.51. The molecule has 1 atom stereocenters. The Balaban J connectivity index is 0.00000320. The molecule has 30 heavy (non-hydrogen) atoms. The van der Waals surface area contributed by atoms with Gasteiger partial charge in [0.15, 0.2) is 5.96 Å². The van der Waals surface area contributed by atoms with Crippen LogP contribution in [0.5, 0.6) is 0 Å². The van der Waals surface area contributed by atoms with Crippen LogP contribution in [0, 0.1) is 0 Å². The Labute approximate surface area is 195 Å². The number of hydrogen-bond acceptors (Lipinski definition) is 3. The van der Waals surface area contributed by atoms with Gasteiger partial charge < -0.3 is 15.7 Å².